The molecule has 0 bridgehead atoms. The van der Waals surface area contributed by atoms with E-state index in [-0.39, 0.29) is 9.79 Å². The molecule has 0 unspecified atom stereocenters. The Balaban J connectivity index is 1.61. The maximum Gasteiger partial charge on any atom is 0.261 e. The molecule has 0 saturated heterocycles. The summed E-state index contributed by atoms with van der Waals surface area (Å²) in [7, 11) is -7.93. The molecule has 6 nitrogen and oxygen atoms in total. The number of anilines is 2. The van der Waals surface area contributed by atoms with Crippen LogP contribution in [-0.2, 0) is 20.0 Å². The van der Waals surface area contributed by atoms with Crippen LogP contribution in [0.1, 0.15) is 11.1 Å². The van der Waals surface area contributed by atoms with Crippen molar-refractivity contribution in [1.29, 1.82) is 0 Å². The van der Waals surface area contributed by atoms with E-state index in [9.17, 15) is 16.8 Å². The van der Waals surface area contributed by atoms with Gasteiger partial charge in [-0.3, -0.25) is 9.44 Å². The smallest absolute Gasteiger partial charge is 0.261 e. The van der Waals surface area contributed by atoms with E-state index in [1.54, 1.807) is 60.7 Å². The lowest BCUT2D eigenvalue weighted by Crippen LogP contribution is -2.15. The molecule has 0 aliphatic heterocycles. The van der Waals surface area contributed by atoms with Crippen LogP contribution in [0.15, 0.2) is 131 Å². The fraction of sp³-hybridized carbons (Fsp3) is 0.0588. The zero-order valence-electron chi connectivity index (χ0n) is 23.0. The SMILES string of the molecule is Cc1ccc(S(=O)(=O)Nc2ccc3ccccc3c2-c2c(NS(=O)(=O)c3ccc(C)cc3)ccc3ccccc23)cc1. The minimum absolute atomic E-state index is 0.130. The summed E-state index contributed by atoms with van der Waals surface area (Å²) < 4.78 is 60.0. The molecule has 2 N–H and O–H groups in total. The predicted molar refractivity (Wildman–Crippen MR) is 171 cm³/mol. The van der Waals surface area contributed by atoms with E-state index in [1.165, 1.54) is 0 Å². The lowest BCUT2D eigenvalue weighted by molar-refractivity contribution is 0.599. The topological polar surface area (TPSA) is 92.3 Å². The molecular weight excluding hydrogens is 565 g/mol. The highest BCUT2D eigenvalue weighted by atomic mass is 32.2. The summed E-state index contributed by atoms with van der Waals surface area (Å²) in [5.41, 5.74) is 3.70. The molecule has 6 aromatic carbocycles. The van der Waals surface area contributed by atoms with Gasteiger partial charge in [0.1, 0.15) is 0 Å². The van der Waals surface area contributed by atoms with E-state index in [2.05, 4.69) is 9.44 Å². The average Bonchev–Trinajstić information content (AvgIpc) is 2.97. The van der Waals surface area contributed by atoms with Crippen LogP contribution >= 0.6 is 0 Å². The standard InChI is InChI=1S/C34H28N2O4S2/c1-23-11-17-27(18-12-23)41(37,38)35-31-21-15-25-7-3-5-9-29(25)33(31)34-30-10-6-4-8-26(30)16-22-32(34)36-42(39,40)28-19-13-24(2)14-20-28/h3-22,35-36H,1-2H3. The molecule has 210 valence electrons. The maximum absolute atomic E-state index is 13.6. The van der Waals surface area contributed by atoms with Crippen LogP contribution in [0.4, 0.5) is 11.4 Å². The van der Waals surface area contributed by atoms with Gasteiger partial charge in [0.2, 0.25) is 0 Å². The fourth-order valence-corrected chi connectivity index (χ4v) is 7.24. The van der Waals surface area contributed by atoms with Gasteiger partial charge in [0.25, 0.3) is 20.0 Å². The highest BCUT2D eigenvalue weighted by Gasteiger charge is 2.24. The largest absolute Gasteiger partial charge is 0.279 e. The first-order chi connectivity index (χ1) is 20.1. The van der Waals surface area contributed by atoms with Gasteiger partial charge >= 0.3 is 0 Å². The Morgan fingerprint density at radius 2 is 0.786 bits per heavy atom. The molecule has 6 rings (SSSR count). The van der Waals surface area contributed by atoms with Crippen LogP contribution < -0.4 is 9.44 Å². The van der Waals surface area contributed by atoms with Crippen LogP contribution in [0, 0.1) is 13.8 Å². The average molecular weight is 593 g/mol. The number of nitrogens with one attached hydrogen (secondary N) is 2. The van der Waals surface area contributed by atoms with Crippen molar-refractivity contribution in [3.8, 4) is 11.1 Å². The number of aryl methyl sites for hydroxylation is 2. The van der Waals surface area contributed by atoms with Crippen LogP contribution in [0.2, 0.25) is 0 Å². The highest BCUT2D eigenvalue weighted by Crippen LogP contribution is 2.44. The molecule has 0 amide bonds. The van der Waals surface area contributed by atoms with Crippen LogP contribution in [0.3, 0.4) is 0 Å². The Morgan fingerprint density at radius 1 is 0.429 bits per heavy atom. The van der Waals surface area contributed by atoms with E-state index in [4.69, 9.17) is 0 Å². The number of benzene rings is 6. The molecule has 0 heterocycles. The minimum atomic E-state index is -3.97. The van der Waals surface area contributed by atoms with Crippen molar-refractivity contribution in [3.05, 3.63) is 132 Å². The van der Waals surface area contributed by atoms with Crippen molar-refractivity contribution in [2.24, 2.45) is 0 Å². The minimum Gasteiger partial charge on any atom is -0.279 e. The lowest BCUT2D eigenvalue weighted by Gasteiger charge is -2.21. The quantitative estimate of drug-likeness (QED) is 0.197. The first-order valence-corrected chi connectivity index (χ1v) is 16.3. The van der Waals surface area contributed by atoms with Crippen LogP contribution in [0.25, 0.3) is 32.7 Å². The van der Waals surface area contributed by atoms with E-state index in [0.717, 1.165) is 32.7 Å². The predicted octanol–water partition coefficient (Wildman–Crippen LogP) is 7.88. The second-order valence-corrected chi connectivity index (χ2v) is 13.6. The molecular formula is C34H28N2O4S2. The van der Waals surface area contributed by atoms with E-state index in [0.29, 0.717) is 22.5 Å². The molecule has 6 aromatic rings. The Morgan fingerprint density at radius 3 is 1.17 bits per heavy atom. The molecule has 0 spiro atoms. The van der Waals surface area contributed by atoms with E-state index in [1.807, 2.05) is 74.5 Å². The van der Waals surface area contributed by atoms with Crippen molar-refractivity contribution < 1.29 is 16.8 Å². The molecule has 0 atom stereocenters. The molecule has 0 aliphatic rings. The number of sulfonamides is 2. The third kappa shape index (κ3) is 5.22. The molecule has 0 radical (unpaired) electrons. The van der Waals surface area contributed by atoms with Crippen LogP contribution in [0.5, 0.6) is 0 Å². The number of hydrogen-bond acceptors (Lipinski definition) is 4. The van der Waals surface area contributed by atoms with Crippen molar-refractivity contribution in [2.45, 2.75) is 23.6 Å². The van der Waals surface area contributed by atoms with Gasteiger partial charge in [0.15, 0.2) is 0 Å². The Labute approximate surface area is 245 Å². The Hall–Kier alpha value is -4.66. The monoisotopic (exact) mass is 592 g/mol. The lowest BCUT2D eigenvalue weighted by atomic mass is 9.91. The Kier molecular flexibility index (Phi) is 6.96. The summed E-state index contributed by atoms with van der Waals surface area (Å²) in [5, 5.41) is 3.31. The molecule has 0 saturated carbocycles. The maximum atomic E-state index is 13.6. The van der Waals surface area contributed by atoms with Gasteiger partial charge in [-0.2, -0.15) is 0 Å². The number of hydrogen-bond donors (Lipinski definition) is 2. The summed E-state index contributed by atoms with van der Waals surface area (Å²) in [6, 6.07) is 35.7. The van der Waals surface area contributed by atoms with Gasteiger partial charge in [-0.05, 0) is 71.8 Å². The number of rotatable bonds is 7. The molecule has 0 fully saturated rings. The van der Waals surface area contributed by atoms with Crippen molar-refractivity contribution in [2.75, 3.05) is 9.44 Å². The Bertz CT molecular complexity index is 2020. The molecule has 0 aliphatic carbocycles. The van der Waals surface area contributed by atoms with Gasteiger partial charge in [0, 0.05) is 11.1 Å². The second-order valence-electron chi connectivity index (χ2n) is 10.3. The third-order valence-electron chi connectivity index (χ3n) is 7.26. The first-order valence-electron chi connectivity index (χ1n) is 13.4. The summed E-state index contributed by atoms with van der Waals surface area (Å²) in [6.07, 6.45) is 0. The van der Waals surface area contributed by atoms with Gasteiger partial charge < -0.3 is 0 Å². The third-order valence-corrected chi connectivity index (χ3v) is 10.0. The molecule has 0 aromatic heterocycles. The summed E-state index contributed by atoms with van der Waals surface area (Å²) >= 11 is 0. The summed E-state index contributed by atoms with van der Waals surface area (Å²) in [6.45, 7) is 3.79. The van der Waals surface area contributed by atoms with Gasteiger partial charge in [-0.15, -0.1) is 0 Å². The van der Waals surface area contributed by atoms with Gasteiger partial charge in [0.05, 0.1) is 21.2 Å². The van der Waals surface area contributed by atoms with Crippen molar-refractivity contribution in [1.82, 2.24) is 0 Å². The normalized spacial score (nSPS) is 12.0. The fourth-order valence-electron chi connectivity index (χ4n) is 5.09. The molecule has 42 heavy (non-hydrogen) atoms. The summed E-state index contributed by atoms with van der Waals surface area (Å²) in [4.78, 5) is 0.260. The highest BCUT2D eigenvalue weighted by molar-refractivity contribution is 7.93. The van der Waals surface area contributed by atoms with E-state index < -0.39 is 20.0 Å². The zero-order valence-corrected chi connectivity index (χ0v) is 24.6. The number of fused-ring (bicyclic) bond motifs is 2. The van der Waals surface area contributed by atoms with Crippen molar-refractivity contribution >= 4 is 53.0 Å². The van der Waals surface area contributed by atoms with Gasteiger partial charge in [-0.1, -0.05) is 96.1 Å². The van der Waals surface area contributed by atoms with Crippen molar-refractivity contribution in [3.63, 3.8) is 0 Å². The summed E-state index contributed by atoms with van der Waals surface area (Å²) in [5.74, 6) is 0. The van der Waals surface area contributed by atoms with Crippen LogP contribution in [-0.4, -0.2) is 16.8 Å². The zero-order chi connectivity index (χ0) is 29.5. The van der Waals surface area contributed by atoms with Gasteiger partial charge in [-0.25, -0.2) is 16.8 Å². The second kappa shape index (κ2) is 10.6. The van der Waals surface area contributed by atoms with E-state index >= 15 is 0 Å². The molecule has 8 heteroatoms. The first kappa shape index (κ1) is 27.5.